The number of hydrogen-bond acceptors (Lipinski definition) is 11. The van der Waals surface area contributed by atoms with Crippen molar-refractivity contribution in [2.75, 3.05) is 38.2 Å². The maximum Gasteiger partial charge on any atom is 0.272 e. The van der Waals surface area contributed by atoms with Gasteiger partial charge in [-0.15, -0.1) is 10.2 Å². The third-order valence-electron chi connectivity index (χ3n) is 8.03. The summed E-state index contributed by atoms with van der Waals surface area (Å²) in [5.41, 5.74) is 1.57. The zero-order valence-corrected chi connectivity index (χ0v) is 25.6. The molecule has 4 heterocycles. The van der Waals surface area contributed by atoms with Crippen LogP contribution in [0.15, 0.2) is 43.1 Å². The third-order valence-corrected chi connectivity index (χ3v) is 8.35. The van der Waals surface area contributed by atoms with Gasteiger partial charge in [0, 0.05) is 31.0 Å². The van der Waals surface area contributed by atoms with Crippen molar-refractivity contribution >= 4 is 23.2 Å². The lowest BCUT2D eigenvalue weighted by Crippen LogP contribution is -2.56. The predicted molar refractivity (Wildman–Crippen MR) is 161 cm³/mol. The SMILES string of the molecule is CC(Cn1cnnn1)Oc1cc(-c2cnc(Nc3cn(C4(N5CCOCC5)CCCCC4)nc3OCC(F)F)nc2)ccc1Cl. The fourth-order valence-electron chi connectivity index (χ4n) is 5.91. The maximum absolute atomic E-state index is 13.2. The predicted octanol–water partition coefficient (Wildman–Crippen LogP) is 4.78. The van der Waals surface area contributed by atoms with Crippen molar-refractivity contribution in [2.45, 2.75) is 63.8 Å². The van der Waals surface area contributed by atoms with Crippen molar-refractivity contribution in [2.24, 2.45) is 0 Å². The molecular weight excluding hydrogens is 610 g/mol. The molecule has 0 radical (unpaired) electrons. The van der Waals surface area contributed by atoms with Gasteiger partial charge >= 0.3 is 0 Å². The van der Waals surface area contributed by atoms with E-state index in [-0.39, 0.29) is 23.6 Å². The molecule has 4 aromatic rings. The zero-order valence-electron chi connectivity index (χ0n) is 24.9. The van der Waals surface area contributed by atoms with E-state index in [1.165, 1.54) is 6.33 Å². The van der Waals surface area contributed by atoms with E-state index in [0.717, 1.165) is 56.3 Å². The van der Waals surface area contributed by atoms with Crippen LogP contribution < -0.4 is 14.8 Å². The largest absolute Gasteiger partial charge is 0.487 e. The van der Waals surface area contributed by atoms with Crippen LogP contribution in [-0.2, 0) is 16.9 Å². The summed E-state index contributed by atoms with van der Waals surface area (Å²) in [6, 6.07) is 5.42. The van der Waals surface area contributed by atoms with E-state index in [2.05, 4.69) is 35.7 Å². The molecule has 1 saturated heterocycles. The molecule has 45 heavy (non-hydrogen) atoms. The Balaban J connectivity index is 1.21. The van der Waals surface area contributed by atoms with Gasteiger partial charge in [0.2, 0.25) is 5.95 Å². The Kier molecular flexibility index (Phi) is 9.66. The summed E-state index contributed by atoms with van der Waals surface area (Å²) < 4.78 is 46.9. The highest BCUT2D eigenvalue weighted by atomic mass is 35.5. The van der Waals surface area contributed by atoms with Gasteiger partial charge in [0.05, 0.1) is 31.0 Å². The van der Waals surface area contributed by atoms with Crippen LogP contribution in [0.2, 0.25) is 5.02 Å². The first-order valence-corrected chi connectivity index (χ1v) is 15.4. The smallest absolute Gasteiger partial charge is 0.272 e. The molecule has 2 aliphatic rings. The molecule has 3 aromatic heterocycles. The molecule has 2 fully saturated rings. The number of anilines is 2. The lowest BCUT2D eigenvalue weighted by Gasteiger charge is -2.47. The van der Waals surface area contributed by atoms with Crippen LogP contribution in [0.1, 0.15) is 39.0 Å². The number of ether oxygens (including phenoxy) is 3. The summed E-state index contributed by atoms with van der Waals surface area (Å²) in [6.07, 6.45) is 8.81. The van der Waals surface area contributed by atoms with E-state index in [4.69, 9.17) is 30.9 Å². The van der Waals surface area contributed by atoms with Crippen LogP contribution in [0.4, 0.5) is 20.4 Å². The molecule has 13 nitrogen and oxygen atoms in total. The highest BCUT2D eigenvalue weighted by Crippen LogP contribution is 2.41. The second-order valence-corrected chi connectivity index (χ2v) is 11.6. The number of hydrogen-bond donors (Lipinski definition) is 1. The zero-order chi connectivity index (χ0) is 31.2. The molecule has 1 unspecified atom stereocenters. The fraction of sp³-hybridized carbons (Fsp3) is 0.517. The van der Waals surface area contributed by atoms with Gasteiger partial charge in [0.25, 0.3) is 12.3 Å². The van der Waals surface area contributed by atoms with E-state index in [1.807, 2.05) is 29.9 Å². The lowest BCUT2D eigenvalue weighted by atomic mass is 9.87. The number of benzene rings is 1. The van der Waals surface area contributed by atoms with Gasteiger partial charge in [-0.05, 0) is 60.7 Å². The standard InChI is InChI=1S/C29H35ClF2N10O3/c1-20(16-41-19-35-38-39-41)45-25-13-21(5-6-23(25)30)22-14-33-28(34-15-22)36-24-17-42(37-27(24)44-18-26(31)32)29(7-3-2-4-8-29)40-9-11-43-12-10-40/h5-6,13-15,17,19-20,26H,2-4,7-12,16,18H2,1H3,(H,33,34,36). The molecular formula is C29H35ClF2N10O3. The lowest BCUT2D eigenvalue weighted by molar-refractivity contribution is -0.0837. The molecule has 0 bridgehead atoms. The summed E-state index contributed by atoms with van der Waals surface area (Å²) in [5, 5.41) is 19.4. The summed E-state index contributed by atoms with van der Waals surface area (Å²) in [4.78, 5) is 11.4. The van der Waals surface area contributed by atoms with Crippen LogP contribution in [0.25, 0.3) is 11.1 Å². The fourth-order valence-corrected chi connectivity index (χ4v) is 6.07. The Morgan fingerprint density at radius 2 is 1.87 bits per heavy atom. The summed E-state index contributed by atoms with van der Waals surface area (Å²) >= 11 is 6.41. The second-order valence-electron chi connectivity index (χ2n) is 11.2. The molecule has 240 valence electrons. The summed E-state index contributed by atoms with van der Waals surface area (Å²) in [7, 11) is 0. The van der Waals surface area contributed by atoms with Crippen molar-refractivity contribution in [1.29, 1.82) is 0 Å². The monoisotopic (exact) mass is 644 g/mol. The first-order valence-electron chi connectivity index (χ1n) is 15.0. The van der Waals surface area contributed by atoms with Gasteiger partial charge in [-0.1, -0.05) is 24.1 Å². The van der Waals surface area contributed by atoms with Crippen molar-refractivity contribution in [3.05, 3.63) is 48.1 Å². The van der Waals surface area contributed by atoms with Gasteiger partial charge in [-0.2, -0.15) is 0 Å². The van der Waals surface area contributed by atoms with E-state index < -0.39 is 13.0 Å². The van der Waals surface area contributed by atoms with Crippen LogP contribution in [0.5, 0.6) is 11.6 Å². The first-order chi connectivity index (χ1) is 21.9. The highest BCUT2D eigenvalue weighted by Gasteiger charge is 2.42. The minimum Gasteiger partial charge on any atom is -0.487 e. The first kappa shape index (κ1) is 31.0. The van der Waals surface area contributed by atoms with E-state index in [1.54, 1.807) is 23.1 Å². The van der Waals surface area contributed by atoms with Crippen molar-refractivity contribution in [3.8, 4) is 22.8 Å². The van der Waals surface area contributed by atoms with E-state index in [0.29, 0.717) is 36.2 Å². The Bertz CT molecular complexity index is 1530. The Morgan fingerprint density at radius 3 is 2.58 bits per heavy atom. The number of tetrazole rings is 1. The number of halogens is 3. The molecule has 1 saturated carbocycles. The molecule has 6 rings (SSSR count). The Morgan fingerprint density at radius 1 is 1.09 bits per heavy atom. The number of aromatic nitrogens is 8. The number of nitrogens with zero attached hydrogens (tertiary/aromatic N) is 9. The van der Waals surface area contributed by atoms with Crippen molar-refractivity contribution in [3.63, 3.8) is 0 Å². The highest BCUT2D eigenvalue weighted by molar-refractivity contribution is 6.32. The minimum atomic E-state index is -2.64. The number of nitrogens with one attached hydrogen (secondary N) is 1. The van der Waals surface area contributed by atoms with Crippen LogP contribution >= 0.6 is 11.6 Å². The topological polar surface area (TPSA) is 130 Å². The molecule has 1 atom stereocenters. The minimum absolute atomic E-state index is 0.0801. The van der Waals surface area contributed by atoms with E-state index >= 15 is 0 Å². The number of morpholine rings is 1. The van der Waals surface area contributed by atoms with Gasteiger partial charge in [-0.3, -0.25) is 4.90 Å². The van der Waals surface area contributed by atoms with Crippen LogP contribution in [-0.4, -0.2) is 90.3 Å². The summed E-state index contributed by atoms with van der Waals surface area (Å²) in [6.45, 7) is 4.41. The van der Waals surface area contributed by atoms with Gasteiger partial charge in [0.15, 0.2) is 6.61 Å². The molecule has 16 heteroatoms. The average molecular weight is 645 g/mol. The molecule has 1 aliphatic heterocycles. The Hall–Kier alpha value is -3.95. The second kappa shape index (κ2) is 14.0. The van der Waals surface area contributed by atoms with E-state index in [9.17, 15) is 8.78 Å². The molecule has 0 spiro atoms. The molecule has 0 amide bonds. The Labute approximate surface area is 263 Å². The number of rotatable bonds is 12. The average Bonchev–Trinajstić information content (AvgIpc) is 3.72. The maximum atomic E-state index is 13.2. The van der Waals surface area contributed by atoms with Crippen LogP contribution in [0.3, 0.4) is 0 Å². The van der Waals surface area contributed by atoms with Crippen molar-refractivity contribution < 1.29 is 23.0 Å². The van der Waals surface area contributed by atoms with Crippen molar-refractivity contribution in [1.82, 2.24) is 44.9 Å². The van der Waals surface area contributed by atoms with Gasteiger partial charge in [-0.25, -0.2) is 28.1 Å². The third kappa shape index (κ3) is 7.31. The normalized spacial score (nSPS) is 17.7. The van der Waals surface area contributed by atoms with Gasteiger partial charge in [0.1, 0.15) is 29.5 Å². The van der Waals surface area contributed by atoms with Gasteiger partial charge < -0.3 is 19.5 Å². The van der Waals surface area contributed by atoms with Crippen LogP contribution in [0, 0.1) is 0 Å². The summed E-state index contributed by atoms with van der Waals surface area (Å²) in [5.74, 6) is 0.850. The molecule has 1 N–H and O–H groups in total. The molecule has 1 aliphatic carbocycles. The molecule has 1 aromatic carbocycles. The quantitative estimate of drug-likeness (QED) is 0.229. The number of alkyl halides is 2.